The molecule has 30 heavy (non-hydrogen) atoms. The number of hydrogen-bond donors (Lipinski definition) is 4. The summed E-state index contributed by atoms with van der Waals surface area (Å²) in [6, 6.07) is 23.7. The van der Waals surface area contributed by atoms with Crippen LogP contribution in [0, 0.1) is 4.64 Å². The summed E-state index contributed by atoms with van der Waals surface area (Å²) in [6.07, 6.45) is 3.79. The average molecular weight is 424 g/mol. The van der Waals surface area contributed by atoms with E-state index < -0.39 is 5.97 Å². The highest BCUT2D eigenvalue weighted by Crippen LogP contribution is 2.07. The van der Waals surface area contributed by atoms with E-state index in [0.717, 1.165) is 53.9 Å². The lowest BCUT2D eigenvalue weighted by Crippen LogP contribution is -2.20. The molecule has 0 aliphatic heterocycles. The number of carboxylic acid groups (broad SMARTS) is 1. The quantitative estimate of drug-likeness (QED) is 0.281. The molecule has 0 spiro atoms. The normalized spacial score (nSPS) is 10.0. The minimum atomic E-state index is -0.795. The number of H-pyrrole nitrogens is 1. The van der Waals surface area contributed by atoms with Gasteiger partial charge in [0.2, 0.25) is 0 Å². The highest BCUT2D eigenvalue weighted by Gasteiger charge is 2.01. The van der Waals surface area contributed by atoms with Crippen molar-refractivity contribution in [2.45, 2.75) is 19.3 Å². The summed E-state index contributed by atoms with van der Waals surface area (Å²) in [4.78, 5) is 13.7. The maximum atomic E-state index is 10.7. The van der Waals surface area contributed by atoms with Gasteiger partial charge >= 0.3 is 5.97 Å². The Morgan fingerprint density at radius 1 is 0.900 bits per heavy atom. The number of rotatable bonds is 10. The minimum Gasteiger partial charge on any atom is -0.481 e. The van der Waals surface area contributed by atoms with Gasteiger partial charge in [-0.15, -0.1) is 0 Å². The van der Waals surface area contributed by atoms with Gasteiger partial charge in [0.05, 0.1) is 12.1 Å². The molecule has 158 valence electrons. The Morgan fingerprint density at radius 3 is 2.27 bits per heavy atom. The van der Waals surface area contributed by atoms with E-state index in [2.05, 4.69) is 15.6 Å². The van der Waals surface area contributed by atoms with Gasteiger partial charge in [0.25, 0.3) is 0 Å². The Hall–Kier alpha value is -2.96. The largest absolute Gasteiger partial charge is 0.481 e. The van der Waals surface area contributed by atoms with Gasteiger partial charge in [-0.3, -0.25) is 4.79 Å². The monoisotopic (exact) mass is 423 g/mol. The first-order chi connectivity index (χ1) is 14.6. The Kier molecular flexibility index (Phi) is 11.0. The van der Waals surface area contributed by atoms with Crippen LogP contribution in [0.25, 0.3) is 0 Å². The molecular formula is C24H29N3O2S. The number of carbonyl (C=O) groups is 1. The second-order valence-electron chi connectivity index (χ2n) is 6.74. The van der Waals surface area contributed by atoms with E-state index in [-0.39, 0.29) is 6.42 Å². The highest BCUT2D eigenvalue weighted by atomic mass is 32.1. The molecule has 0 aliphatic carbocycles. The molecule has 2 aromatic carbocycles. The van der Waals surface area contributed by atoms with Crippen molar-refractivity contribution in [3.63, 3.8) is 0 Å². The Bertz CT molecular complexity index is 902. The zero-order valence-electron chi connectivity index (χ0n) is 17.0. The van der Waals surface area contributed by atoms with Crippen LogP contribution in [0.3, 0.4) is 0 Å². The fourth-order valence-corrected chi connectivity index (χ4v) is 3.02. The van der Waals surface area contributed by atoms with Crippen molar-refractivity contribution in [2.75, 3.05) is 25.0 Å². The maximum Gasteiger partial charge on any atom is 0.307 e. The van der Waals surface area contributed by atoms with Gasteiger partial charge in [0, 0.05) is 12.7 Å². The second kappa shape index (κ2) is 14.1. The van der Waals surface area contributed by atoms with E-state index >= 15 is 0 Å². The molecule has 0 saturated heterocycles. The third-order valence-corrected chi connectivity index (χ3v) is 4.61. The third kappa shape index (κ3) is 10.0. The number of anilines is 1. The standard InChI is InChI=1S/C18H23N3O2S.C6H6/c22-17(23)13-15-5-1-4-14(12-15)7-11-19-8-3-10-20-16-6-2-9-21-18(16)24;1-2-4-6-5-3-1/h1-2,4-6,9,12,19-20H,3,7-8,10-11,13H2,(H,21,24)(H,22,23);1-6H. The third-order valence-electron chi connectivity index (χ3n) is 4.27. The van der Waals surface area contributed by atoms with Gasteiger partial charge in [-0.05, 0) is 49.2 Å². The van der Waals surface area contributed by atoms with E-state index in [9.17, 15) is 4.79 Å². The zero-order valence-corrected chi connectivity index (χ0v) is 17.8. The number of aromatic amines is 1. The lowest BCUT2D eigenvalue weighted by atomic mass is 10.1. The van der Waals surface area contributed by atoms with Crippen molar-refractivity contribution in [3.8, 4) is 0 Å². The molecule has 4 N–H and O–H groups in total. The summed E-state index contributed by atoms with van der Waals surface area (Å²) in [7, 11) is 0. The first-order valence-electron chi connectivity index (χ1n) is 10.1. The molecule has 0 aliphatic rings. The molecule has 1 heterocycles. The lowest BCUT2D eigenvalue weighted by Gasteiger charge is -2.08. The number of aromatic nitrogens is 1. The van der Waals surface area contributed by atoms with Gasteiger partial charge in [-0.25, -0.2) is 0 Å². The van der Waals surface area contributed by atoms with Crippen LogP contribution in [0.2, 0.25) is 0 Å². The smallest absolute Gasteiger partial charge is 0.307 e. The van der Waals surface area contributed by atoms with Gasteiger partial charge in [-0.1, -0.05) is 72.9 Å². The van der Waals surface area contributed by atoms with Gasteiger partial charge in [0.1, 0.15) is 4.64 Å². The molecule has 3 rings (SSSR count). The molecule has 0 bridgehead atoms. The molecule has 0 fully saturated rings. The molecule has 0 unspecified atom stereocenters. The average Bonchev–Trinajstić information content (AvgIpc) is 2.76. The van der Waals surface area contributed by atoms with Crippen molar-refractivity contribution >= 4 is 23.9 Å². The molecule has 0 atom stereocenters. The molecule has 0 saturated carbocycles. The number of nitrogens with one attached hydrogen (secondary N) is 3. The van der Waals surface area contributed by atoms with Gasteiger partial charge in [0.15, 0.2) is 0 Å². The van der Waals surface area contributed by atoms with Crippen LogP contribution in [0.15, 0.2) is 79.0 Å². The SMILES string of the molecule is O=C(O)Cc1cccc(CCNCCCNc2ccc[nH]c2=S)c1.c1ccccc1. The topological polar surface area (TPSA) is 77.2 Å². The number of benzene rings is 2. The molecule has 1 aromatic heterocycles. The van der Waals surface area contributed by atoms with Crippen molar-refractivity contribution in [3.05, 3.63) is 94.8 Å². The predicted octanol–water partition coefficient (Wildman–Crippen LogP) is 4.69. The van der Waals surface area contributed by atoms with Crippen molar-refractivity contribution in [2.24, 2.45) is 0 Å². The highest BCUT2D eigenvalue weighted by molar-refractivity contribution is 7.71. The van der Waals surface area contributed by atoms with E-state index in [0.29, 0.717) is 0 Å². The summed E-state index contributed by atoms with van der Waals surface area (Å²) in [5.41, 5.74) is 2.97. The van der Waals surface area contributed by atoms with Crippen LogP contribution < -0.4 is 10.6 Å². The van der Waals surface area contributed by atoms with Crippen molar-refractivity contribution < 1.29 is 9.90 Å². The van der Waals surface area contributed by atoms with Crippen LogP contribution >= 0.6 is 12.2 Å². The zero-order chi connectivity index (χ0) is 21.4. The Labute approximate surface area is 183 Å². The number of hydrogen-bond acceptors (Lipinski definition) is 4. The maximum absolute atomic E-state index is 10.7. The fourth-order valence-electron chi connectivity index (χ4n) is 2.81. The van der Waals surface area contributed by atoms with Crippen LogP contribution in [0.1, 0.15) is 17.5 Å². The summed E-state index contributed by atoms with van der Waals surface area (Å²) < 4.78 is 0.728. The molecule has 6 heteroatoms. The molecule has 0 amide bonds. The van der Waals surface area contributed by atoms with Crippen molar-refractivity contribution in [1.29, 1.82) is 0 Å². The molecule has 3 aromatic rings. The Morgan fingerprint density at radius 2 is 1.60 bits per heavy atom. The van der Waals surface area contributed by atoms with Crippen LogP contribution in [0.4, 0.5) is 5.69 Å². The number of pyridine rings is 1. The summed E-state index contributed by atoms with van der Waals surface area (Å²) in [6.45, 7) is 2.66. The summed E-state index contributed by atoms with van der Waals surface area (Å²) in [5.74, 6) is -0.795. The van der Waals surface area contributed by atoms with Crippen LogP contribution in [-0.4, -0.2) is 35.7 Å². The minimum absolute atomic E-state index is 0.0781. The summed E-state index contributed by atoms with van der Waals surface area (Å²) in [5, 5.41) is 15.5. The van der Waals surface area contributed by atoms with Gasteiger partial charge in [-0.2, -0.15) is 0 Å². The van der Waals surface area contributed by atoms with Crippen LogP contribution in [0.5, 0.6) is 0 Å². The first kappa shape index (κ1) is 23.3. The predicted molar refractivity (Wildman–Crippen MR) is 126 cm³/mol. The van der Waals surface area contributed by atoms with Gasteiger partial charge < -0.3 is 20.7 Å². The van der Waals surface area contributed by atoms with Crippen LogP contribution in [-0.2, 0) is 17.6 Å². The van der Waals surface area contributed by atoms with Crippen molar-refractivity contribution in [1.82, 2.24) is 10.3 Å². The fraction of sp³-hybridized carbons (Fsp3) is 0.250. The number of aliphatic carboxylic acids is 1. The Balaban J connectivity index is 0.000000456. The molecule has 0 radical (unpaired) electrons. The second-order valence-corrected chi connectivity index (χ2v) is 7.15. The van der Waals surface area contributed by atoms with E-state index in [1.165, 1.54) is 0 Å². The molecular weight excluding hydrogens is 394 g/mol. The number of carboxylic acids is 1. The molecule has 5 nitrogen and oxygen atoms in total. The van der Waals surface area contributed by atoms with E-state index in [1.54, 1.807) is 0 Å². The summed E-state index contributed by atoms with van der Waals surface area (Å²) >= 11 is 5.19. The first-order valence-corrected chi connectivity index (χ1v) is 10.5. The lowest BCUT2D eigenvalue weighted by molar-refractivity contribution is -0.136. The van der Waals surface area contributed by atoms with E-state index in [4.69, 9.17) is 17.3 Å². The van der Waals surface area contributed by atoms with E-state index in [1.807, 2.05) is 79.0 Å².